The summed E-state index contributed by atoms with van der Waals surface area (Å²) in [4.78, 5) is 80.8. The standard InChI is InChI=1S/C45H47ClFN9O7/c46-34-20-28(3-6-35(34)47)50-42-33-22-37(39(23-36(33)48-26-49-42)63-30-11-19-62-25-30)51-40(57)2-1-12-53-13-9-27(10-14-53)24-54-15-17-55(18-16-54)29-4-5-31-32(21-29)45(61)56(44(31)60)38-7-8-41(58)52-43(38)59/h1-6,20-23,26-27,30,38H,7-19,24-25H2,(H,51,57)(H,48,49,50)(H,52,58,59)/b2-1+. The maximum Gasteiger partial charge on any atom is 0.262 e. The molecule has 4 saturated heterocycles. The van der Waals surface area contributed by atoms with Crippen LogP contribution in [0.15, 0.2) is 67.0 Å². The molecular formula is C45H47ClFN9O7. The molecule has 4 fully saturated rings. The quantitative estimate of drug-likeness (QED) is 0.131. The van der Waals surface area contributed by atoms with Crippen LogP contribution in [0.1, 0.15) is 52.8 Å². The molecule has 5 aliphatic heterocycles. The van der Waals surface area contributed by atoms with E-state index in [2.05, 4.69) is 40.6 Å². The number of carbonyl (C=O) groups excluding carboxylic acids is 5. The van der Waals surface area contributed by atoms with Crippen molar-refractivity contribution < 1.29 is 37.8 Å². The van der Waals surface area contributed by atoms with Crippen molar-refractivity contribution in [3.05, 3.63) is 89.0 Å². The van der Waals surface area contributed by atoms with E-state index in [1.807, 2.05) is 12.1 Å². The molecule has 328 valence electrons. The number of nitrogens with one attached hydrogen (secondary N) is 3. The van der Waals surface area contributed by atoms with E-state index < -0.39 is 35.5 Å². The summed E-state index contributed by atoms with van der Waals surface area (Å²) < 4.78 is 25.6. The van der Waals surface area contributed by atoms with Crippen molar-refractivity contribution in [1.29, 1.82) is 0 Å². The Balaban J connectivity index is 0.753. The summed E-state index contributed by atoms with van der Waals surface area (Å²) in [6.07, 6.45) is 7.71. The molecule has 2 atom stereocenters. The fourth-order valence-corrected chi connectivity index (χ4v) is 9.10. The number of carbonyl (C=O) groups is 5. The largest absolute Gasteiger partial charge is 0.486 e. The van der Waals surface area contributed by atoms with Crippen LogP contribution >= 0.6 is 11.6 Å². The van der Waals surface area contributed by atoms with Crippen molar-refractivity contribution in [3.63, 3.8) is 0 Å². The number of likely N-dealkylation sites (tertiary alicyclic amines) is 1. The number of nitrogens with zero attached hydrogens (tertiary/aromatic N) is 6. The zero-order valence-corrected chi connectivity index (χ0v) is 35.2. The lowest BCUT2D eigenvalue weighted by Crippen LogP contribution is -2.54. The van der Waals surface area contributed by atoms with Gasteiger partial charge in [-0.3, -0.25) is 44.0 Å². The van der Waals surface area contributed by atoms with Gasteiger partial charge in [-0.25, -0.2) is 14.4 Å². The van der Waals surface area contributed by atoms with E-state index in [-0.39, 0.29) is 35.4 Å². The first kappa shape index (κ1) is 42.3. The third-order valence-electron chi connectivity index (χ3n) is 12.4. The molecule has 6 heterocycles. The zero-order chi connectivity index (χ0) is 43.6. The van der Waals surface area contributed by atoms with Crippen LogP contribution in [-0.4, -0.2) is 132 Å². The molecule has 18 heteroatoms. The number of fused-ring (bicyclic) bond motifs is 2. The second kappa shape index (κ2) is 18.4. The van der Waals surface area contributed by atoms with Crippen molar-refractivity contribution in [2.45, 2.75) is 44.2 Å². The number of halogens is 2. The first-order valence-corrected chi connectivity index (χ1v) is 21.7. The van der Waals surface area contributed by atoms with Crippen LogP contribution in [-0.2, 0) is 19.1 Å². The van der Waals surface area contributed by atoms with Gasteiger partial charge in [-0.2, -0.15) is 0 Å². The maximum atomic E-state index is 13.8. The predicted octanol–water partition coefficient (Wildman–Crippen LogP) is 4.76. The highest BCUT2D eigenvalue weighted by atomic mass is 35.5. The van der Waals surface area contributed by atoms with Crippen LogP contribution < -0.4 is 25.6 Å². The number of hydrogen-bond acceptors (Lipinski definition) is 13. The van der Waals surface area contributed by atoms with Gasteiger partial charge in [0, 0.05) is 81.0 Å². The molecular weight excluding hydrogens is 833 g/mol. The fraction of sp³-hybridized carbons (Fsp3) is 0.400. The van der Waals surface area contributed by atoms with Crippen LogP contribution in [0.25, 0.3) is 10.9 Å². The summed E-state index contributed by atoms with van der Waals surface area (Å²) in [7, 11) is 0. The topological polar surface area (TPSA) is 179 Å². The number of anilines is 4. The van der Waals surface area contributed by atoms with Gasteiger partial charge in [-0.15, -0.1) is 0 Å². The van der Waals surface area contributed by atoms with E-state index in [9.17, 15) is 28.4 Å². The minimum Gasteiger partial charge on any atom is -0.486 e. The number of ether oxygens (including phenoxy) is 2. The lowest BCUT2D eigenvalue weighted by molar-refractivity contribution is -0.136. The number of aromatic nitrogens is 2. The number of amides is 5. The fourth-order valence-electron chi connectivity index (χ4n) is 8.92. The van der Waals surface area contributed by atoms with Crippen LogP contribution in [0.3, 0.4) is 0 Å². The van der Waals surface area contributed by atoms with E-state index in [0.717, 1.165) is 75.7 Å². The molecule has 2 unspecified atom stereocenters. The molecule has 5 amide bonds. The molecule has 16 nitrogen and oxygen atoms in total. The lowest BCUT2D eigenvalue weighted by Gasteiger charge is -2.39. The number of piperidine rings is 2. The molecule has 0 bridgehead atoms. The second-order valence-electron chi connectivity index (χ2n) is 16.5. The Morgan fingerprint density at radius 2 is 1.73 bits per heavy atom. The van der Waals surface area contributed by atoms with Crippen molar-refractivity contribution in [3.8, 4) is 5.75 Å². The van der Waals surface area contributed by atoms with Gasteiger partial charge in [0.25, 0.3) is 11.8 Å². The molecule has 3 N–H and O–H groups in total. The third kappa shape index (κ3) is 9.37. The highest BCUT2D eigenvalue weighted by Gasteiger charge is 2.45. The monoisotopic (exact) mass is 879 g/mol. The lowest BCUT2D eigenvalue weighted by atomic mass is 9.96. The summed E-state index contributed by atoms with van der Waals surface area (Å²) in [6.45, 7) is 7.84. The van der Waals surface area contributed by atoms with E-state index in [4.69, 9.17) is 21.1 Å². The van der Waals surface area contributed by atoms with Crippen molar-refractivity contribution in [2.24, 2.45) is 5.92 Å². The Morgan fingerprint density at radius 3 is 2.49 bits per heavy atom. The van der Waals surface area contributed by atoms with Gasteiger partial charge in [0.15, 0.2) is 0 Å². The number of benzene rings is 3. The Morgan fingerprint density at radius 1 is 0.921 bits per heavy atom. The van der Waals surface area contributed by atoms with Crippen LogP contribution in [0, 0.1) is 11.7 Å². The summed E-state index contributed by atoms with van der Waals surface area (Å²) >= 11 is 6.02. The first-order chi connectivity index (χ1) is 30.6. The normalized spacial score (nSPS) is 21.4. The van der Waals surface area contributed by atoms with Crippen molar-refractivity contribution >= 4 is 74.9 Å². The highest BCUT2D eigenvalue weighted by Crippen LogP contribution is 2.36. The smallest absolute Gasteiger partial charge is 0.262 e. The van der Waals surface area contributed by atoms with E-state index in [1.165, 1.54) is 18.5 Å². The average Bonchev–Trinajstić information content (AvgIpc) is 3.88. The van der Waals surface area contributed by atoms with Gasteiger partial charge in [0.1, 0.15) is 35.9 Å². The highest BCUT2D eigenvalue weighted by molar-refractivity contribution is 6.31. The van der Waals surface area contributed by atoms with Gasteiger partial charge >= 0.3 is 0 Å². The number of hydrogen-bond donors (Lipinski definition) is 3. The summed E-state index contributed by atoms with van der Waals surface area (Å²) in [6, 6.07) is 12.1. The summed E-state index contributed by atoms with van der Waals surface area (Å²) in [5.41, 5.74) is 3.02. The molecule has 0 aliphatic carbocycles. The maximum absolute atomic E-state index is 13.8. The van der Waals surface area contributed by atoms with Gasteiger partial charge < -0.3 is 25.0 Å². The Bertz CT molecular complexity index is 2480. The minimum atomic E-state index is -0.986. The van der Waals surface area contributed by atoms with Crippen LogP contribution in [0.5, 0.6) is 5.75 Å². The molecule has 0 radical (unpaired) electrons. The Labute approximate surface area is 367 Å². The first-order valence-electron chi connectivity index (χ1n) is 21.3. The van der Waals surface area contributed by atoms with E-state index in [0.29, 0.717) is 65.1 Å². The van der Waals surface area contributed by atoms with Crippen molar-refractivity contribution in [2.75, 3.05) is 81.1 Å². The molecule has 3 aromatic carbocycles. The SMILES string of the molecule is O=C(/C=C/CN1CCC(CN2CCN(c3ccc4c(c3)C(=O)N(C3CCC(=O)NC3=O)C4=O)CC2)CC1)Nc1cc2c(Nc3ccc(F)c(Cl)c3)ncnc2cc1OC1CCOC1. The Kier molecular flexibility index (Phi) is 12.3. The van der Waals surface area contributed by atoms with Crippen LogP contribution in [0.2, 0.25) is 5.02 Å². The molecule has 4 aromatic rings. The van der Waals surface area contributed by atoms with Gasteiger partial charge in [0.05, 0.1) is 40.6 Å². The molecule has 1 aromatic heterocycles. The van der Waals surface area contributed by atoms with Crippen LogP contribution in [0.4, 0.5) is 27.3 Å². The molecule has 63 heavy (non-hydrogen) atoms. The molecule has 5 aliphatic rings. The summed E-state index contributed by atoms with van der Waals surface area (Å²) in [5.74, 6) is -1.38. The summed E-state index contributed by atoms with van der Waals surface area (Å²) in [5, 5.41) is 9.00. The number of rotatable bonds is 12. The second-order valence-corrected chi connectivity index (χ2v) is 17.0. The van der Waals surface area contributed by atoms with Crippen molar-refractivity contribution in [1.82, 2.24) is 30.0 Å². The average molecular weight is 880 g/mol. The predicted molar refractivity (Wildman–Crippen MR) is 233 cm³/mol. The zero-order valence-electron chi connectivity index (χ0n) is 34.5. The van der Waals surface area contributed by atoms with Gasteiger partial charge in [-0.05, 0) is 80.7 Å². The van der Waals surface area contributed by atoms with E-state index >= 15 is 0 Å². The molecule has 0 saturated carbocycles. The minimum absolute atomic E-state index is 0.0245. The van der Waals surface area contributed by atoms with Gasteiger partial charge in [0.2, 0.25) is 17.7 Å². The molecule has 0 spiro atoms. The number of imide groups is 2. The number of piperazine rings is 1. The Hall–Kier alpha value is -6.01. The third-order valence-corrected chi connectivity index (χ3v) is 12.7. The van der Waals surface area contributed by atoms with Gasteiger partial charge in [-0.1, -0.05) is 17.7 Å². The molecule has 9 rings (SSSR count). The van der Waals surface area contributed by atoms with E-state index in [1.54, 1.807) is 36.4 Å².